The molecule has 0 bridgehead atoms. The summed E-state index contributed by atoms with van der Waals surface area (Å²) in [5.74, 6) is 2.27. The van der Waals surface area contributed by atoms with Gasteiger partial charge in [-0.15, -0.1) is 6.42 Å². The van der Waals surface area contributed by atoms with Gasteiger partial charge in [-0.25, -0.2) is 0 Å². The maximum atomic E-state index is 10.7. The highest BCUT2D eigenvalue weighted by Gasteiger charge is 2.16. The molecule has 1 aromatic rings. The van der Waals surface area contributed by atoms with Gasteiger partial charge in [-0.1, -0.05) is 23.6 Å². The minimum atomic E-state index is -0.500. The number of rotatable bonds is 4. The summed E-state index contributed by atoms with van der Waals surface area (Å²) in [6.07, 6.45) is 4.99. The van der Waals surface area contributed by atoms with Crippen LogP contribution in [0.25, 0.3) is 0 Å². The third-order valence-corrected chi connectivity index (χ3v) is 2.08. The van der Waals surface area contributed by atoms with Crippen LogP contribution >= 0.6 is 11.6 Å². The number of nitro groups is 1. The second-order valence-electron chi connectivity index (χ2n) is 2.69. The first kappa shape index (κ1) is 11.5. The van der Waals surface area contributed by atoms with Gasteiger partial charge in [0.15, 0.2) is 0 Å². The molecule has 0 unspecified atom stereocenters. The van der Waals surface area contributed by atoms with Crippen molar-refractivity contribution >= 4 is 17.3 Å². The van der Waals surface area contributed by atoms with Crippen molar-refractivity contribution in [3.63, 3.8) is 0 Å². The third-order valence-electron chi connectivity index (χ3n) is 1.72. The second-order valence-corrected chi connectivity index (χ2v) is 3.10. The second kappa shape index (κ2) is 5.35. The van der Waals surface area contributed by atoms with E-state index in [1.54, 1.807) is 6.07 Å². The van der Waals surface area contributed by atoms with E-state index in [4.69, 9.17) is 22.8 Å². The van der Waals surface area contributed by atoms with Crippen LogP contribution in [0.1, 0.15) is 5.56 Å². The fourth-order valence-corrected chi connectivity index (χ4v) is 1.30. The average Bonchev–Trinajstić information content (AvgIpc) is 2.20. The summed E-state index contributed by atoms with van der Waals surface area (Å²) in [6, 6.07) is 4.47. The minimum Gasteiger partial charge on any atom is -0.364 e. The Morgan fingerprint density at radius 1 is 1.60 bits per heavy atom. The number of nitro benzene ring substituents is 1. The zero-order chi connectivity index (χ0) is 11.3. The molecule has 0 aliphatic rings. The van der Waals surface area contributed by atoms with Crippen LogP contribution in [-0.2, 0) is 11.3 Å². The molecule has 78 valence electrons. The van der Waals surface area contributed by atoms with Crippen molar-refractivity contribution in [3.05, 3.63) is 38.9 Å². The smallest absolute Gasteiger partial charge is 0.276 e. The van der Waals surface area contributed by atoms with Gasteiger partial charge in [0, 0.05) is 6.07 Å². The normalized spacial score (nSPS) is 9.60. The summed E-state index contributed by atoms with van der Waals surface area (Å²) in [7, 11) is 0. The molecule has 0 atom stereocenters. The SMILES string of the molecule is C#CCOCc1c(Cl)cccc1[N+](=O)[O-]. The molecule has 0 spiro atoms. The monoisotopic (exact) mass is 225 g/mol. The number of halogens is 1. The van der Waals surface area contributed by atoms with Gasteiger partial charge in [0.25, 0.3) is 5.69 Å². The summed E-state index contributed by atoms with van der Waals surface area (Å²) < 4.78 is 5.02. The van der Waals surface area contributed by atoms with Gasteiger partial charge in [0.05, 0.1) is 22.1 Å². The molecule has 0 saturated carbocycles. The molecule has 0 aliphatic heterocycles. The Kier molecular flexibility index (Phi) is 4.10. The van der Waals surface area contributed by atoms with Crippen LogP contribution in [0.3, 0.4) is 0 Å². The van der Waals surface area contributed by atoms with Gasteiger partial charge in [-0.2, -0.15) is 0 Å². The zero-order valence-corrected chi connectivity index (χ0v) is 8.53. The number of hydrogen-bond acceptors (Lipinski definition) is 3. The summed E-state index contributed by atoms with van der Waals surface area (Å²) in [6.45, 7) is 0.141. The van der Waals surface area contributed by atoms with Crippen LogP contribution in [0.5, 0.6) is 0 Å². The van der Waals surface area contributed by atoms with Gasteiger partial charge in [0.1, 0.15) is 6.61 Å². The molecule has 0 aromatic heterocycles. The highest BCUT2D eigenvalue weighted by atomic mass is 35.5. The molecule has 0 N–H and O–H groups in total. The van der Waals surface area contributed by atoms with Crippen LogP contribution in [-0.4, -0.2) is 11.5 Å². The van der Waals surface area contributed by atoms with Crippen LogP contribution in [0.4, 0.5) is 5.69 Å². The first-order chi connectivity index (χ1) is 7.16. The van der Waals surface area contributed by atoms with Gasteiger partial charge < -0.3 is 4.74 Å². The maximum Gasteiger partial charge on any atom is 0.276 e. The van der Waals surface area contributed by atoms with Crippen LogP contribution in [0.2, 0.25) is 5.02 Å². The molecular weight excluding hydrogens is 218 g/mol. The lowest BCUT2D eigenvalue weighted by Crippen LogP contribution is -1.99. The van der Waals surface area contributed by atoms with Crippen molar-refractivity contribution in [3.8, 4) is 12.3 Å². The molecule has 15 heavy (non-hydrogen) atoms. The van der Waals surface area contributed by atoms with E-state index >= 15 is 0 Å². The highest BCUT2D eigenvalue weighted by Crippen LogP contribution is 2.26. The quantitative estimate of drug-likeness (QED) is 0.342. The van der Waals surface area contributed by atoms with Crippen LogP contribution < -0.4 is 0 Å². The summed E-state index contributed by atoms with van der Waals surface area (Å²) in [5, 5.41) is 11.0. The Balaban J connectivity index is 2.93. The van der Waals surface area contributed by atoms with E-state index < -0.39 is 4.92 Å². The Labute approximate surface area is 92.0 Å². The number of hydrogen-bond donors (Lipinski definition) is 0. The molecule has 0 radical (unpaired) electrons. The number of nitrogens with zero attached hydrogens (tertiary/aromatic N) is 1. The van der Waals surface area contributed by atoms with E-state index in [2.05, 4.69) is 5.92 Å². The molecule has 0 saturated heterocycles. The predicted molar refractivity (Wildman–Crippen MR) is 56.6 cm³/mol. The van der Waals surface area contributed by atoms with Crippen LogP contribution in [0, 0.1) is 22.5 Å². The third kappa shape index (κ3) is 2.94. The maximum absolute atomic E-state index is 10.7. The molecule has 0 aliphatic carbocycles. The topological polar surface area (TPSA) is 52.4 Å². The molecule has 0 heterocycles. The van der Waals surface area contributed by atoms with Crippen molar-refractivity contribution in [1.29, 1.82) is 0 Å². The molecule has 4 nitrogen and oxygen atoms in total. The van der Waals surface area contributed by atoms with E-state index in [0.717, 1.165) is 0 Å². The number of ether oxygens (including phenoxy) is 1. The van der Waals surface area contributed by atoms with Crippen molar-refractivity contribution in [1.82, 2.24) is 0 Å². The summed E-state index contributed by atoms with van der Waals surface area (Å²) >= 11 is 5.82. The average molecular weight is 226 g/mol. The highest BCUT2D eigenvalue weighted by molar-refractivity contribution is 6.31. The van der Waals surface area contributed by atoms with E-state index in [1.165, 1.54) is 12.1 Å². The van der Waals surface area contributed by atoms with Crippen LogP contribution in [0.15, 0.2) is 18.2 Å². The lowest BCUT2D eigenvalue weighted by molar-refractivity contribution is -0.385. The van der Waals surface area contributed by atoms with Gasteiger partial charge in [-0.05, 0) is 6.07 Å². The molecule has 1 rings (SSSR count). The van der Waals surface area contributed by atoms with E-state index in [-0.39, 0.29) is 18.9 Å². The van der Waals surface area contributed by atoms with Crippen molar-refractivity contribution in [2.24, 2.45) is 0 Å². The summed E-state index contributed by atoms with van der Waals surface area (Å²) in [4.78, 5) is 10.2. The van der Waals surface area contributed by atoms with Crippen molar-refractivity contribution in [2.75, 3.05) is 6.61 Å². The lowest BCUT2D eigenvalue weighted by Gasteiger charge is -2.04. The van der Waals surface area contributed by atoms with E-state index in [0.29, 0.717) is 10.6 Å². The standard InChI is InChI=1S/C10H8ClNO3/c1-2-6-15-7-8-9(11)4-3-5-10(8)12(13)14/h1,3-5H,6-7H2. The number of benzene rings is 1. The first-order valence-corrected chi connectivity index (χ1v) is 4.47. The van der Waals surface area contributed by atoms with Gasteiger partial charge in [0.2, 0.25) is 0 Å². The molecule has 0 amide bonds. The first-order valence-electron chi connectivity index (χ1n) is 4.09. The predicted octanol–water partition coefficient (Wildman–Crippen LogP) is 2.40. The Bertz CT molecular complexity index is 412. The Morgan fingerprint density at radius 2 is 2.33 bits per heavy atom. The largest absolute Gasteiger partial charge is 0.364 e. The Hall–Kier alpha value is -1.57. The minimum absolute atomic E-state index is 0.0419. The molecule has 1 aromatic carbocycles. The van der Waals surface area contributed by atoms with E-state index in [9.17, 15) is 10.1 Å². The Morgan fingerprint density at radius 3 is 2.93 bits per heavy atom. The number of terminal acetylenes is 1. The summed E-state index contributed by atoms with van der Waals surface area (Å²) in [5.41, 5.74) is 0.291. The van der Waals surface area contributed by atoms with Crippen molar-refractivity contribution < 1.29 is 9.66 Å². The molecular formula is C10H8ClNO3. The lowest BCUT2D eigenvalue weighted by atomic mass is 10.2. The van der Waals surface area contributed by atoms with Crippen molar-refractivity contribution in [2.45, 2.75) is 6.61 Å². The van der Waals surface area contributed by atoms with Gasteiger partial charge in [-0.3, -0.25) is 10.1 Å². The zero-order valence-electron chi connectivity index (χ0n) is 7.77. The van der Waals surface area contributed by atoms with Gasteiger partial charge >= 0.3 is 0 Å². The molecule has 0 fully saturated rings. The molecule has 5 heteroatoms. The van der Waals surface area contributed by atoms with E-state index in [1.807, 2.05) is 0 Å². The fraction of sp³-hybridized carbons (Fsp3) is 0.200. The fourth-order valence-electron chi connectivity index (χ4n) is 1.07.